The van der Waals surface area contributed by atoms with E-state index in [-0.39, 0.29) is 18.0 Å². The second-order valence-electron chi connectivity index (χ2n) is 5.79. The van der Waals surface area contributed by atoms with Gasteiger partial charge in [-0.05, 0) is 31.6 Å². The van der Waals surface area contributed by atoms with Crippen LogP contribution in [0.1, 0.15) is 55.4 Å². The second kappa shape index (κ2) is 6.83. The lowest BCUT2D eigenvalue weighted by Gasteiger charge is -2.23. The molecule has 0 N–H and O–H groups in total. The standard InChI is InChI=1S/C15H28O2/c1-9(2)13(10(3)4)14(11(5)6)15(16)17-12(7)8/h9-12H,1-8H3. The van der Waals surface area contributed by atoms with E-state index >= 15 is 0 Å². The maximum absolute atomic E-state index is 12.2. The van der Waals surface area contributed by atoms with Crippen molar-refractivity contribution in [1.29, 1.82) is 0 Å². The third-order valence-corrected chi connectivity index (χ3v) is 2.70. The van der Waals surface area contributed by atoms with Crippen molar-refractivity contribution in [3.8, 4) is 0 Å². The van der Waals surface area contributed by atoms with E-state index < -0.39 is 0 Å². The summed E-state index contributed by atoms with van der Waals surface area (Å²) in [5.41, 5.74) is 2.09. The normalized spacial score (nSPS) is 11.5. The van der Waals surface area contributed by atoms with Gasteiger partial charge in [-0.15, -0.1) is 0 Å². The molecule has 17 heavy (non-hydrogen) atoms. The predicted molar refractivity (Wildman–Crippen MR) is 72.8 cm³/mol. The van der Waals surface area contributed by atoms with E-state index in [9.17, 15) is 4.79 Å². The SMILES string of the molecule is CC(C)OC(=O)C(=C(C(C)C)C(C)C)C(C)C. The zero-order valence-corrected chi connectivity index (χ0v) is 12.6. The number of hydrogen-bond acceptors (Lipinski definition) is 2. The molecule has 0 aliphatic heterocycles. The smallest absolute Gasteiger partial charge is 0.334 e. The van der Waals surface area contributed by atoms with Crippen molar-refractivity contribution in [2.75, 3.05) is 0 Å². The molecule has 0 saturated heterocycles. The Morgan fingerprint density at radius 2 is 1.18 bits per heavy atom. The first-order chi connectivity index (χ1) is 7.68. The molecule has 0 heterocycles. The Bertz CT molecular complexity index is 273. The molecule has 0 aliphatic rings. The third kappa shape index (κ3) is 4.93. The summed E-state index contributed by atoms with van der Waals surface area (Å²) in [5, 5.41) is 0. The van der Waals surface area contributed by atoms with Crippen molar-refractivity contribution in [3.05, 3.63) is 11.1 Å². The number of carbonyl (C=O) groups excluding carboxylic acids is 1. The average Bonchev–Trinajstić information content (AvgIpc) is 2.10. The van der Waals surface area contributed by atoms with E-state index in [1.165, 1.54) is 5.57 Å². The van der Waals surface area contributed by atoms with Crippen LogP contribution in [0.15, 0.2) is 11.1 Å². The predicted octanol–water partition coefficient (Wildman–Crippen LogP) is 4.20. The lowest BCUT2D eigenvalue weighted by molar-refractivity contribution is -0.143. The molecule has 0 saturated carbocycles. The number of esters is 1. The molecule has 0 bridgehead atoms. The second-order valence-corrected chi connectivity index (χ2v) is 5.79. The minimum absolute atomic E-state index is 0.0585. The van der Waals surface area contributed by atoms with Gasteiger partial charge in [-0.2, -0.15) is 0 Å². The summed E-state index contributed by atoms with van der Waals surface area (Å²) in [7, 11) is 0. The lowest BCUT2D eigenvalue weighted by atomic mass is 9.84. The van der Waals surface area contributed by atoms with Crippen LogP contribution in [0.2, 0.25) is 0 Å². The molecule has 0 aliphatic carbocycles. The summed E-state index contributed by atoms with van der Waals surface area (Å²) in [4.78, 5) is 12.2. The topological polar surface area (TPSA) is 26.3 Å². The van der Waals surface area contributed by atoms with Crippen LogP contribution >= 0.6 is 0 Å². The average molecular weight is 240 g/mol. The van der Waals surface area contributed by atoms with Crippen LogP contribution in [-0.4, -0.2) is 12.1 Å². The van der Waals surface area contributed by atoms with Crippen molar-refractivity contribution < 1.29 is 9.53 Å². The molecule has 100 valence electrons. The molecule has 0 aromatic rings. The van der Waals surface area contributed by atoms with Crippen molar-refractivity contribution in [2.24, 2.45) is 17.8 Å². The van der Waals surface area contributed by atoms with E-state index in [0.717, 1.165) is 5.57 Å². The maximum atomic E-state index is 12.2. The highest BCUT2D eigenvalue weighted by Crippen LogP contribution is 2.28. The van der Waals surface area contributed by atoms with Crippen LogP contribution in [0.5, 0.6) is 0 Å². The van der Waals surface area contributed by atoms with Gasteiger partial charge in [-0.1, -0.05) is 47.1 Å². The number of carbonyl (C=O) groups is 1. The molecule has 0 aromatic carbocycles. The van der Waals surface area contributed by atoms with Crippen LogP contribution < -0.4 is 0 Å². The molecule has 0 atom stereocenters. The fourth-order valence-electron chi connectivity index (χ4n) is 2.25. The van der Waals surface area contributed by atoms with Crippen LogP contribution in [0.4, 0.5) is 0 Å². The monoisotopic (exact) mass is 240 g/mol. The molecule has 2 nitrogen and oxygen atoms in total. The summed E-state index contributed by atoms with van der Waals surface area (Å²) in [6, 6.07) is 0. The Hall–Kier alpha value is -0.790. The Kier molecular flexibility index (Phi) is 6.51. The number of hydrogen-bond donors (Lipinski definition) is 0. The van der Waals surface area contributed by atoms with Gasteiger partial charge in [0.2, 0.25) is 0 Å². The van der Waals surface area contributed by atoms with E-state index in [4.69, 9.17) is 4.74 Å². The van der Waals surface area contributed by atoms with Crippen molar-refractivity contribution in [2.45, 2.75) is 61.5 Å². The Morgan fingerprint density at radius 1 is 0.765 bits per heavy atom. The van der Waals surface area contributed by atoms with E-state index in [1.54, 1.807) is 0 Å². The summed E-state index contributed by atoms with van der Waals surface area (Å²) < 4.78 is 5.36. The first-order valence-corrected chi connectivity index (χ1v) is 6.63. The molecule has 0 unspecified atom stereocenters. The minimum Gasteiger partial charge on any atom is -0.460 e. The van der Waals surface area contributed by atoms with Gasteiger partial charge < -0.3 is 4.74 Å². The number of ether oxygens (including phenoxy) is 1. The fraction of sp³-hybridized carbons (Fsp3) is 0.800. The maximum Gasteiger partial charge on any atom is 0.334 e. The third-order valence-electron chi connectivity index (χ3n) is 2.70. The van der Waals surface area contributed by atoms with Gasteiger partial charge in [-0.25, -0.2) is 4.79 Å². The van der Waals surface area contributed by atoms with Crippen LogP contribution in [0.25, 0.3) is 0 Å². The molecule has 0 fully saturated rings. The first-order valence-electron chi connectivity index (χ1n) is 6.63. The molecule has 2 heteroatoms. The van der Waals surface area contributed by atoms with E-state index in [0.29, 0.717) is 11.8 Å². The quantitative estimate of drug-likeness (QED) is 0.531. The van der Waals surface area contributed by atoms with Gasteiger partial charge in [0, 0.05) is 5.57 Å². The molecular weight excluding hydrogens is 212 g/mol. The molecule has 0 amide bonds. The van der Waals surface area contributed by atoms with E-state index in [1.807, 2.05) is 13.8 Å². The van der Waals surface area contributed by atoms with Gasteiger partial charge in [0.05, 0.1) is 6.10 Å². The molecule has 0 radical (unpaired) electrons. The van der Waals surface area contributed by atoms with Crippen LogP contribution in [0, 0.1) is 17.8 Å². The highest BCUT2D eigenvalue weighted by molar-refractivity contribution is 5.90. The molecule has 0 aromatic heterocycles. The van der Waals surface area contributed by atoms with Gasteiger partial charge >= 0.3 is 5.97 Å². The van der Waals surface area contributed by atoms with Crippen molar-refractivity contribution in [1.82, 2.24) is 0 Å². The molecule has 0 rings (SSSR count). The van der Waals surface area contributed by atoms with Gasteiger partial charge in [0.25, 0.3) is 0 Å². The van der Waals surface area contributed by atoms with Gasteiger partial charge in [0.1, 0.15) is 0 Å². The summed E-state index contributed by atoms with van der Waals surface area (Å²) >= 11 is 0. The Morgan fingerprint density at radius 3 is 1.41 bits per heavy atom. The number of allylic oxidation sites excluding steroid dienone is 1. The Balaban J connectivity index is 5.44. The summed E-state index contributed by atoms with van der Waals surface area (Å²) in [5.74, 6) is 0.827. The van der Waals surface area contributed by atoms with Crippen molar-refractivity contribution in [3.63, 3.8) is 0 Å². The highest BCUT2D eigenvalue weighted by atomic mass is 16.5. The number of rotatable bonds is 5. The minimum atomic E-state index is -0.146. The lowest BCUT2D eigenvalue weighted by Crippen LogP contribution is -2.21. The van der Waals surface area contributed by atoms with Crippen molar-refractivity contribution >= 4 is 5.97 Å². The summed E-state index contributed by atoms with van der Waals surface area (Å²) in [6.07, 6.45) is -0.0585. The van der Waals surface area contributed by atoms with Gasteiger partial charge in [-0.3, -0.25) is 0 Å². The van der Waals surface area contributed by atoms with E-state index in [2.05, 4.69) is 41.5 Å². The first kappa shape index (κ1) is 16.2. The zero-order chi connectivity index (χ0) is 13.7. The largest absolute Gasteiger partial charge is 0.460 e. The van der Waals surface area contributed by atoms with Crippen LogP contribution in [-0.2, 0) is 9.53 Å². The molecule has 0 spiro atoms. The Labute approximate surface area is 106 Å². The summed E-state index contributed by atoms with van der Waals surface area (Å²) in [6.45, 7) is 16.4. The zero-order valence-electron chi connectivity index (χ0n) is 12.6. The molecular formula is C15H28O2. The van der Waals surface area contributed by atoms with Gasteiger partial charge in [0.15, 0.2) is 0 Å². The van der Waals surface area contributed by atoms with Crippen LogP contribution in [0.3, 0.4) is 0 Å². The highest BCUT2D eigenvalue weighted by Gasteiger charge is 2.24. The fourth-order valence-corrected chi connectivity index (χ4v) is 2.25.